The van der Waals surface area contributed by atoms with E-state index in [2.05, 4.69) is 74.8 Å². The van der Waals surface area contributed by atoms with Crippen LogP contribution in [0.15, 0.2) is 47.5 Å². The van der Waals surface area contributed by atoms with Crippen LogP contribution in [0.3, 0.4) is 0 Å². The molecule has 1 aliphatic rings. The van der Waals surface area contributed by atoms with E-state index in [-0.39, 0.29) is 24.0 Å². The Hall–Kier alpha value is -1.16. The first-order valence-electron chi connectivity index (χ1n) is 10.7. The van der Waals surface area contributed by atoms with Gasteiger partial charge in [0.25, 0.3) is 0 Å². The molecule has 5 nitrogen and oxygen atoms in total. The summed E-state index contributed by atoms with van der Waals surface area (Å²) in [6.45, 7) is 10.9. The van der Waals surface area contributed by atoms with Gasteiger partial charge in [-0.15, -0.1) is 35.3 Å². The Kier molecular flexibility index (Phi) is 11.7. The van der Waals surface area contributed by atoms with Gasteiger partial charge >= 0.3 is 0 Å². The first-order valence-corrected chi connectivity index (χ1v) is 11.5. The molecule has 1 saturated heterocycles. The van der Waals surface area contributed by atoms with Crippen molar-refractivity contribution in [2.45, 2.75) is 32.9 Å². The van der Waals surface area contributed by atoms with Gasteiger partial charge in [-0.3, -0.25) is 9.89 Å². The molecule has 1 aromatic heterocycles. The molecule has 166 valence electrons. The van der Waals surface area contributed by atoms with Crippen LogP contribution in [0, 0.1) is 6.92 Å². The number of hydrogen-bond acceptors (Lipinski definition) is 4. The Labute approximate surface area is 203 Å². The summed E-state index contributed by atoms with van der Waals surface area (Å²) < 4.78 is 0. The van der Waals surface area contributed by atoms with Crippen molar-refractivity contribution in [1.82, 2.24) is 20.4 Å². The van der Waals surface area contributed by atoms with Gasteiger partial charge < -0.3 is 15.5 Å². The van der Waals surface area contributed by atoms with E-state index in [4.69, 9.17) is 0 Å². The Bertz CT molecular complexity index is 741. The van der Waals surface area contributed by atoms with Crippen LogP contribution in [0.4, 0.5) is 0 Å². The maximum atomic E-state index is 4.32. The zero-order valence-electron chi connectivity index (χ0n) is 18.3. The standard InChI is InChI=1S/C23H35N5S.HI/c1-20-10-11-22(29-20)18-26-23(24-2)25-12-6-7-13-27-14-16-28(17-15-27)19-21-8-4-3-5-9-21;/h3-5,8-11H,6-7,12-19H2,1-2H3,(H2,24,25,26);1H. The number of aryl methyl sites for hydroxylation is 1. The van der Waals surface area contributed by atoms with E-state index in [9.17, 15) is 0 Å². The molecule has 1 aliphatic heterocycles. The Morgan fingerprint density at radius 3 is 2.37 bits per heavy atom. The number of benzene rings is 1. The second-order valence-electron chi connectivity index (χ2n) is 7.68. The van der Waals surface area contributed by atoms with Crippen LogP contribution >= 0.6 is 35.3 Å². The van der Waals surface area contributed by atoms with Gasteiger partial charge in [-0.05, 0) is 44.0 Å². The molecular formula is C23H36IN5S. The van der Waals surface area contributed by atoms with Gasteiger partial charge in [0.15, 0.2) is 5.96 Å². The number of aliphatic imine (C=N–C) groups is 1. The van der Waals surface area contributed by atoms with E-state index in [1.807, 2.05) is 18.4 Å². The van der Waals surface area contributed by atoms with Crippen molar-refractivity contribution < 1.29 is 0 Å². The molecule has 0 spiro atoms. The zero-order valence-corrected chi connectivity index (χ0v) is 21.4. The largest absolute Gasteiger partial charge is 0.356 e. The first kappa shape index (κ1) is 25.1. The Balaban J connectivity index is 0.00000320. The third-order valence-electron chi connectivity index (χ3n) is 5.36. The van der Waals surface area contributed by atoms with Gasteiger partial charge in [0, 0.05) is 56.1 Å². The lowest BCUT2D eigenvalue weighted by molar-refractivity contribution is 0.126. The van der Waals surface area contributed by atoms with Crippen LogP contribution in [0.1, 0.15) is 28.2 Å². The van der Waals surface area contributed by atoms with Gasteiger partial charge in [-0.25, -0.2) is 0 Å². The van der Waals surface area contributed by atoms with Crippen LogP contribution in [0.5, 0.6) is 0 Å². The van der Waals surface area contributed by atoms with Gasteiger partial charge in [0.05, 0.1) is 6.54 Å². The lowest BCUT2D eigenvalue weighted by Gasteiger charge is -2.34. The molecule has 30 heavy (non-hydrogen) atoms. The summed E-state index contributed by atoms with van der Waals surface area (Å²) in [6.07, 6.45) is 2.40. The van der Waals surface area contributed by atoms with Crippen molar-refractivity contribution in [3.8, 4) is 0 Å². The molecule has 0 radical (unpaired) electrons. The molecule has 0 amide bonds. The molecule has 0 saturated carbocycles. The highest BCUT2D eigenvalue weighted by Crippen LogP contribution is 2.14. The van der Waals surface area contributed by atoms with Crippen molar-refractivity contribution in [3.05, 3.63) is 57.8 Å². The van der Waals surface area contributed by atoms with Crippen molar-refractivity contribution in [2.24, 2.45) is 4.99 Å². The number of hydrogen-bond donors (Lipinski definition) is 2. The second-order valence-corrected chi connectivity index (χ2v) is 9.05. The Morgan fingerprint density at radius 1 is 0.967 bits per heavy atom. The molecule has 1 fully saturated rings. The summed E-state index contributed by atoms with van der Waals surface area (Å²) in [6, 6.07) is 15.2. The highest BCUT2D eigenvalue weighted by molar-refractivity contribution is 14.0. The highest BCUT2D eigenvalue weighted by atomic mass is 127. The van der Waals surface area contributed by atoms with E-state index < -0.39 is 0 Å². The number of rotatable bonds is 9. The van der Waals surface area contributed by atoms with E-state index in [0.717, 1.165) is 25.6 Å². The predicted octanol–water partition coefficient (Wildman–Crippen LogP) is 3.94. The van der Waals surface area contributed by atoms with E-state index in [1.54, 1.807) is 0 Å². The average Bonchev–Trinajstić information content (AvgIpc) is 3.17. The highest BCUT2D eigenvalue weighted by Gasteiger charge is 2.16. The summed E-state index contributed by atoms with van der Waals surface area (Å²) in [5.41, 5.74) is 1.42. The van der Waals surface area contributed by atoms with E-state index in [1.165, 1.54) is 60.9 Å². The minimum absolute atomic E-state index is 0. The summed E-state index contributed by atoms with van der Waals surface area (Å²) >= 11 is 1.83. The van der Waals surface area contributed by atoms with Crippen molar-refractivity contribution >= 4 is 41.3 Å². The summed E-state index contributed by atoms with van der Waals surface area (Å²) in [7, 11) is 1.84. The lowest BCUT2D eigenvalue weighted by Crippen LogP contribution is -2.46. The molecule has 1 aromatic carbocycles. The number of unbranched alkanes of at least 4 members (excludes halogenated alkanes) is 1. The van der Waals surface area contributed by atoms with Crippen LogP contribution < -0.4 is 10.6 Å². The number of guanidine groups is 1. The third kappa shape index (κ3) is 8.91. The molecule has 0 bridgehead atoms. The predicted molar refractivity (Wildman–Crippen MR) is 140 cm³/mol. The van der Waals surface area contributed by atoms with Gasteiger partial charge in [-0.1, -0.05) is 30.3 Å². The SMILES string of the molecule is CN=C(NCCCCN1CCN(Cc2ccccc2)CC1)NCc1ccc(C)s1.I. The topological polar surface area (TPSA) is 42.9 Å². The molecular weight excluding hydrogens is 505 g/mol. The van der Waals surface area contributed by atoms with Crippen molar-refractivity contribution in [2.75, 3.05) is 46.3 Å². The number of piperazine rings is 1. The smallest absolute Gasteiger partial charge is 0.191 e. The monoisotopic (exact) mass is 541 g/mol. The van der Waals surface area contributed by atoms with Gasteiger partial charge in [-0.2, -0.15) is 0 Å². The van der Waals surface area contributed by atoms with Crippen molar-refractivity contribution in [1.29, 1.82) is 0 Å². The fourth-order valence-corrected chi connectivity index (χ4v) is 4.48. The maximum absolute atomic E-state index is 4.32. The molecule has 2 N–H and O–H groups in total. The van der Waals surface area contributed by atoms with Crippen LogP contribution in [0.2, 0.25) is 0 Å². The number of thiophene rings is 1. The molecule has 2 heterocycles. The average molecular weight is 542 g/mol. The molecule has 0 unspecified atom stereocenters. The van der Waals surface area contributed by atoms with Crippen LogP contribution in [-0.4, -0.2) is 62.1 Å². The maximum Gasteiger partial charge on any atom is 0.191 e. The number of nitrogens with one attached hydrogen (secondary N) is 2. The van der Waals surface area contributed by atoms with Crippen LogP contribution in [0.25, 0.3) is 0 Å². The quantitative estimate of drug-likeness (QED) is 0.219. The molecule has 3 rings (SSSR count). The minimum atomic E-state index is 0. The van der Waals surface area contributed by atoms with E-state index >= 15 is 0 Å². The fraction of sp³-hybridized carbons (Fsp3) is 0.522. The second kappa shape index (κ2) is 14.0. The summed E-state index contributed by atoms with van der Waals surface area (Å²) in [5, 5.41) is 6.83. The Morgan fingerprint density at radius 2 is 1.70 bits per heavy atom. The zero-order chi connectivity index (χ0) is 20.3. The first-order chi connectivity index (χ1) is 14.2. The minimum Gasteiger partial charge on any atom is -0.356 e. The van der Waals surface area contributed by atoms with Crippen LogP contribution in [-0.2, 0) is 13.1 Å². The molecule has 2 aromatic rings. The lowest BCUT2D eigenvalue weighted by atomic mass is 10.2. The van der Waals surface area contributed by atoms with Crippen molar-refractivity contribution in [3.63, 3.8) is 0 Å². The summed E-state index contributed by atoms with van der Waals surface area (Å²) in [5.74, 6) is 0.894. The van der Waals surface area contributed by atoms with Gasteiger partial charge in [0.1, 0.15) is 0 Å². The molecule has 7 heteroatoms. The molecule has 0 aliphatic carbocycles. The van der Waals surface area contributed by atoms with Gasteiger partial charge in [0.2, 0.25) is 0 Å². The third-order valence-corrected chi connectivity index (χ3v) is 6.36. The number of nitrogens with zero attached hydrogens (tertiary/aromatic N) is 3. The van der Waals surface area contributed by atoms with E-state index in [0.29, 0.717) is 0 Å². The molecule has 0 atom stereocenters. The normalized spacial score (nSPS) is 15.6. The summed E-state index contributed by atoms with van der Waals surface area (Å²) in [4.78, 5) is 12.2. The fourth-order valence-electron chi connectivity index (χ4n) is 3.65. The number of halogens is 1.